The number of carbonyl (C=O) groups excluding carboxylic acids is 2. The van der Waals surface area contributed by atoms with Gasteiger partial charge in [-0.3, -0.25) is 9.59 Å². The topological polar surface area (TPSA) is 95.9 Å². The van der Waals surface area contributed by atoms with E-state index in [2.05, 4.69) is 39.2 Å². The summed E-state index contributed by atoms with van der Waals surface area (Å²) in [7, 11) is -2.03. The maximum Gasteiger partial charge on any atom is 0.335 e. The van der Waals surface area contributed by atoms with Crippen LogP contribution in [0.3, 0.4) is 0 Å². The molecule has 0 radical (unpaired) electrons. The summed E-state index contributed by atoms with van der Waals surface area (Å²) in [6.07, 6.45) is 0.332. The van der Waals surface area contributed by atoms with Gasteiger partial charge in [0.2, 0.25) is 5.91 Å². The minimum absolute atomic E-state index is 0.0209. The van der Waals surface area contributed by atoms with Gasteiger partial charge >= 0.3 is 5.97 Å². The van der Waals surface area contributed by atoms with Crippen molar-refractivity contribution < 1.29 is 23.9 Å². The average molecular weight is 503 g/mol. The molecule has 0 spiro atoms. The van der Waals surface area contributed by atoms with Crippen LogP contribution >= 0.6 is 11.6 Å². The number of hydrogen-bond acceptors (Lipinski definition) is 4. The van der Waals surface area contributed by atoms with Gasteiger partial charge in [-0.1, -0.05) is 44.5 Å². The van der Waals surface area contributed by atoms with Crippen molar-refractivity contribution in [2.75, 3.05) is 11.9 Å². The van der Waals surface area contributed by atoms with Crippen LogP contribution in [-0.4, -0.2) is 48.8 Å². The van der Waals surface area contributed by atoms with Crippen LogP contribution in [0.15, 0.2) is 42.5 Å². The van der Waals surface area contributed by atoms with Gasteiger partial charge in [-0.2, -0.15) is 0 Å². The lowest BCUT2D eigenvalue weighted by molar-refractivity contribution is -0.121. The van der Waals surface area contributed by atoms with Gasteiger partial charge in [0, 0.05) is 18.2 Å². The highest BCUT2D eigenvalue weighted by Crippen LogP contribution is 2.37. The second-order valence-electron chi connectivity index (χ2n) is 10.0. The SMILES string of the molecule is CC(C)(C)[Si](C)(C)OCC[C@@H]1C(=O)Nc2cc(Cl)ccc2C(=O)N1Cc1ccc(C(=O)O)cc1. The van der Waals surface area contributed by atoms with E-state index in [0.717, 1.165) is 5.56 Å². The molecule has 0 fully saturated rings. The summed E-state index contributed by atoms with van der Waals surface area (Å²) in [5.74, 6) is -1.64. The summed E-state index contributed by atoms with van der Waals surface area (Å²) in [6.45, 7) is 11.2. The predicted molar refractivity (Wildman–Crippen MR) is 135 cm³/mol. The number of rotatable bonds is 7. The van der Waals surface area contributed by atoms with Crippen molar-refractivity contribution in [1.82, 2.24) is 4.90 Å². The summed E-state index contributed by atoms with van der Waals surface area (Å²) < 4.78 is 6.29. The molecule has 0 unspecified atom stereocenters. The van der Waals surface area contributed by atoms with Gasteiger partial charge in [0.1, 0.15) is 6.04 Å². The zero-order valence-electron chi connectivity index (χ0n) is 20.1. The number of carbonyl (C=O) groups is 3. The van der Waals surface area contributed by atoms with Crippen LogP contribution in [0.5, 0.6) is 0 Å². The first-order chi connectivity index (χ1) is 15.8. The largest absolute Gasteiger partial charge is 0.478 e. The monoisotopic (exact) mass is 502 g/mol. The van der Waals surface area contributed by atoms with Crippen molar-refractivity contribution in [3.63, 3.8) is 0 Å². The molecule has 182 valence electrons. The van der Waals surface area contributed by atoms with E-state index in [1.54, 1.807) is 30.3 Å². The molecule has 2 amide bonds. The Kier molecular flexibility index (Phi) is 7.55. The fraction of sp³-hybridized carbons (Fsp3) is 0.400. The third kappa shape index (κ3) is 5.68. The number of carboxylic acids is 1. The second kappa shape index (κ2) is 9.89. The molecule has 1 aliphatic heterocycles. The molecule has 2 N–H and O–H groups in total. The van der Waals surface area contributed by atoms with E-state index < -0.39 is 20.3 Å². The third-order valence-corrected chi connectivity index (χ3v) is 11.4. The van der Waals surface area contributed by atoms with Gasteiger partial charge in [-0.25, -0.2) is 4.79 Å². The molecule has 9 heteroatoms. The maximum atomic E-state index is 13.6. The Morgan fingerprint density at radius 2 is 1.79 bits per heavy atom. The van der Waals surface area contributed by atoms with Crippen molar-refractivity contribution in [2.45, 2.75) is 57.9 Å². The van der Waals surface area contributed by atoms with E-state index in [1.807, 2.05) is 0 Å². The van der Waals surface area contributed by atoms with Crippen molar-refractivity contribution in [1.29, 1.82) is 0 Å². The Bertz CT molecular complexity index is 1100. The highest BCUT2D eigenvalue weighted by molar-refractivity contribution is 6.74. The molecular weight excluding hydrogens is 472 g/mol. The Labute approximate surface area is 206 Å². The molecule has 0 aromatic heterocycles. The first-order valence-electron chi connectivity index (χ1n) is 11.2. The second-order valence-corrected chi connectivity index (χ2v) is 15.3. The van der Waals surface area contributed by atoms with Crippen molar-refractivity contribution in [2.24, 2.45) is 0 Å². The van der Waals surface area contributed by atoms with E-state index in [-0.39, 0.29) is 29.0 Å². The molecule has 1 aliphatic rings. The molecule has 3 rings (SSSR count). The van der Waals surface area contributed by atoms with Gasteiger partial charge in [-0.15, -0.1) is 0 Å². The van der Waals surface area contributed by atoms with E-state index >= 15 is 0 Å². The Morgan fingerprint density at radius 3 is 2.38 bits per heavy atom. The Morgan fingerprint density at radius 1 is 1.15 bits per heavy atom. The van der Waals surface area contributed by atoms with E-state index in [4.69, 9.17) is 21.1 Å². The Hall–Kier alpha value is -2.68. The molecule has 0 saturated heterocycles. The number of nitrogens with one attached hydrogen (secondary N) is 1. The van der Waals surface area contributed by atoms with E-state index in [1.165, 1.54) is 17.0 Å². The van der Waals surface area contributed by atoms with Crippen LogP contribution in [0.1, 0.15) is 53.5 Å². The predicted octanol–water partition coefficient (Wildman–Crippen LogP) is 5.41. The number of amides is 2. The molecular formula is C25H31ClN2O5Si. The van der Waals surface area contributed by atoms with E-state index in [0.29, 0.717) is 29.3 Å². The summed E-state index contributed by atoms with van der Waals surface area (Å²) in [5, 5.41) is 12.5. The van der Waals surface area contributed by atoms with Crippen LogP contribution in [0.2, 0.25) is 23.2 Å². The molecule has 1 atom stereocenters. The minimum Gasteiger partial charge on any atom is -0.478 e. The quantitative estimate of drug-likeness (QED) is 0.493. The number of aromatic carboxylic acids is 1. The van der Waals surface area contributed by atoms with Gasteiger partial charge in [0.05, 0.1) is 16.8 Å². The van der Waals surface area contributed by atoms with Crippen LogP contribution in [0.4, 0.5) is 5.69 Å². The normalized spacial score (nSPS) is 16.6. The zero-order valence-corrected chi connectivity index (χ0v) is 21.9. The van der Waals surface area contributed by atoms with Crippen LogP contribution in [-0.2, 0) is 15.8 Å². The molecule has 1 heterocycles. The number of fused-ring (bicyclic) bond motifs is 1. The fourth-order valence-corrected chi connectivity index (χ4v) is 4.75. The first kappa shape index (κ1) is 25.9. The van der Waals surface area contributed by atoms with Crippen molar-refractivity contribution in [3.05, 3.63) is 64.2 Å². The highest BCUT2D eigenvalue weighted by Gasteiger charge is 2.39. The maximum absolute atomic E-state index is 13.6. The summed E-state index contributed by atoms with van der Waals surface area (Å²) >= 11 is 6.11. The molecule has 34 heavy (non-hydrogen) atoms. The van der Waals surface area contributed by atoms with Gasteiger partial charge in [0.15, 0.2) is 8.32 Å². The fourth-order valence-electron chi connectivity index (χ4n) is 3.52. The summed E-state index contributed by atoms with van der Waals surface area (Å²) in [5.41, 5.74) is 1.61. The number of anilines is 1. The van der Waals surface area contributed by atoms with Crippen LogP contribution in [0, 0.1) is 0 Å². The van der Waals surface area contributed by atoms with Crippen molar-refractivity contribution >= 4 is 43.4 Å². The molecule has 0 bridgehead atoms. The van der Waals surface area contributed by atoms with Crippen molar-refractivity contribution in [3.8, 4) is 0 Å². The molecule has 0 aliphatic carbocycles. The third-order valence-electron chi connectivity index (χ3n) is 6.62. The number of hydrogen-bond donors (Lipinski definition) is 2. The average Bonchev–Trinajstić information content (AvgIpc) is 2.83. The van der Waals surface area contributed by atoms with Gasteiger partial charge < -0.3 is 19.7 Å². The lowest BCUT2D eigenvalue weighted by Gasteiger charge is -2.37. The number of benzene rings is 2. The minimum atomic E-state index is -2.03. The molecule has 0 saturated carbocycles. The summed E-state index contributed by atoms with van der Waals surface area (Å²) in [6, 6.07) is 10.3. The first-order valence-corrected chi connectivity index (χ1v) is 14.5. The van der Waals surface area contributed by atoms with Crippen LogP contribution in [0.25, 0.3) is 0 Å². The smallest absolute Gasteiger partial charge is 0.335 e. The lowest BCUT2D eigenvalue weighted by atomic mass is 10.1. The standard InChI is InChI=1S/C25H31ClN2O5Si/c1-25(2,3)34(4,5)33-13-12-21-22(29)27-20-14-18(26)10-11-19(20)23(30)28(21)15-16-6-8-17(9-7-16)24(31)32/h6-11,14,21H,12-13,15H2,1-5H3,(H,27,29)(H,31,32)/t21-/m1/s1. The Balaban J connectivity index is 1.91. The molecule has 7 nitrogen and oxygen atoms in total. The van der Waals surface area contributed by atoms with Gasteiger partial charge in [-0.05, 0) is 60.4 Å². The number of halogens is 1. The highest BCUT2D eigenvalue weighted by atomic mass is 35.5. The van der Waals surface area contributed by atoms with Crippen LogP contribution < -0.4 is 5.32 Å². The lowest BCUT2D eigenvalue weighted by Crippen LogP contribution is -2.47. The van der Waals surface area contributed by atoms with Gasteiger partial charge in [0.25, 0.3) is 5.91 Å². The molecule has 2 aromatic rings. The number of nitrogens with zero attached hydrogens (tertiary/aromatic N) is 1. The molecule has 2 aromatic carbocycles. The zero-order chi connectivity index (χ0) is 25.3. The van der Waals surface area contributed by atoms with E-state index in [9.17, 15) is 14.4 Å². The summed E-state index contributed by atoms with van der Waals surface area (Å²) in [4.78, 5) is 39.5. The number of carboxylic acid groups (broad SMARTS) is 1.